The number of carbonyl (C=O) groups is 1. The van der Waals surface area contributed by atoms with Gasteiger partial charge in [0.05, 0.1) is 18.3 Å². The van der Waals surface area contributed by atoms with Crippen LogP contribution in [-0.2, 0) is 4.74 Å². The predicted octanol–water partition coefficient (Wildman–Crippen LogP) is 7.74. The molecule has 0 spiro atoms. The Balaban J connectivity index is 1.34. The number of ether oxygens (including phenoxy) is 2. The van der Waals surface area contributed by atoms with Crippen molar-refractivity contribution < 1.29 is 36.9 Å². The summed E-state index contributed by atoms with van der Waals surface area (Å²) in [6, 6.07) is 5.68. The Morgan fingerprint density at radius 3 is 2.00 bits per heavy atom. The first-order valence-corrected chi connectivity index (χ1v) is 13.8. The number of esters is 1. The van der Waals surface area contributed by atoms with Crippen molar-refractivity contribution in [3.8, 4) is 5.75 Å². The van der Waals surface area contributed by atoms with Gasteiger partial charge < -0.3 is 14.6 Å². The van der Waals surface area contributed by atoms with E-state index in [-0.39, 0.29) is 30.1 Å². The highest BCUT2D eigenvalue weighted by Crippen LogP contribution is 2.41. The number of hydrogen-bond donors (Lipinski definition) is 1. The van der Waals surface area contributed by atoms with Gasteiger partial charge >= 0.3 is 5.97 Å². The Bertz CT molecular complexity index is 1170. The van der Waals surface area contributed by atoms with Gasteiger partial charge in [-0.25, -0.2) is 18.0 Å². The van der Waals surface area contributed by atoms with Gasteiger partial charge in [-0.3, -0.25) is 0 Å². The van der Waals surface area contributed by atoms with E-state index in [1.807, 2.05) is 0 Å². The minimum absolute atomic E-state index is 0.0586. The first kappa shape index (κ1) is 29.1. The van der Waals surface area contributed by atoms with E-state index < -0.39 is 47.0 Å². The third-order valence-corrected chi connectivity index (χ3v) is 8.27. The summed E-state index contributed by atoms with van der Waals surface area (Å²) in [6.07, 6.45) is 5.88. The van der Waals surface area contributed by atoms with Crippen LogP contribution in [0.3, 0.4) is 0 Å². The number of rotatable bonds is 9. The summed E-state index contributed by atoms with van der Waals surface area (Å²) in [5, 5.41) is 9.80. The van der Waals surface area contributed by atoms with E-state index in [9.17, 15) is 18.7 Å². The average Bonchev–Trinajstić information content (AvgIpc) is 2.93. The van der Waals surface area contributed by atoms with Crippen LogP contribution in [0, 0.1) is 29.2 Å². The molecule has 4 rings (SSSR count). The van der Waals surface area contributed by atoms with Crippen LogP contribution >= 0.6 is 0 Å². The van der Waals surface area contributed by atoms with Crippen molar-refractivity contribution in [2.24, 2.45) is 5.92 Å². The first-order chi connectivity index (χ1) is 18.7. The molecule has 2 aliphatic rings. The van der Waals surface area contributed by atoms with Gasteiger partial charge in [0.1, 0.15) is 6.10 Å². The quantitative estimate of drug-likeness (QED) is 0.151. The highest BCUT2D eigenvalue weighted by atomic mass is 19.2. The summed E-state index contributed by atoms with van der Waals surface area (Å²) in [4.78, 5) is 12.5. The van der Waals surface area contributed by atoms with E-state index in [2.05, 4.69) is 6.58 Å². The highest BCUT2D eigenvalue weighted by Gasteiger charge is 2.32. The SMILES string of the molecule is C=CCCOc1ccc(C(=O)OC2CCC(c3ccc(C4CCC(C(C)O)CC4)c(F)c3F)CC2)c(F)c1F. The summed E-state index contributed by atoms with van der Waals surface area (Å²) >= 11 is 0. The molecule has 0 bridgehead atoms. The van der Waals surface area contributed by atoms with E-state index in [4.69, 9.17) is 9.47 Å². The first-order valence-electron chi connectivity index (χ1n) is 13.8. The summed E-state index contributed by atoms with van der Waals surface area (Å²) in [7, 11) is 0. The fourth-order valence-electron chi connectivity index (χ4n) is 5.88. The van der Waals surface area contributed by atoms with Gasteiger partial charge in [-0.05, 0) is 106 Å². The van der Waals surface area contributed by atoms with Crippen molar-refractivity contribution in [1.29, 1.82) is 0 Å². The Morgan fingerprint density at radius 1 is 0.897 bits per heavy atom. The van der Waals surface area contributed by atoms with Crippen LogP contribution in [-0.4, -0.2) is 29.9 Å². The predicted molar refractivity (Wildman–Crippen MR) is 140 cm³/mol. The maximum absolute atomic E-state index is 15.2. The van der Waals surface area contributed by atoms with E-state index in [1.54, 1.807) is 25.1 Å². The molecule has 8 heteroatoms. The van der Waals surface area contributed by atoms with E-state index in [1.165, 1.54) is 6.07 Å². The topological polar surface area (TPSA) is 55.8 Å². The molecule has 1 atom stereocenters. The second-order valence-corrected chi connectivity index (χ2v) is 10.8. The smallest absolute Gasteiger partial charge is 0.341 e. The Labute approximate surface area is 227 Å². The molecular weight excluding hydrogens is 512 g/mol. The molecule has 2 aromatic carbocycles. The van der Waals surface area contributed by atoms with Crippen LogP contribution in [0.4, 0.5) is 17.6 Å². The molecule has 2 aliphatic carbocycles. The molecule has 4 nitrogen and oxygen atoms in total. The van der Waals surface area contributed by atoms with Crippen molar-refractivity contribution in [1.82, 2.24) is 0 Å². The van der Waals surface area contributed by atoms with Gasteiger partial charge in [0, 0.05) is 0 Å². The van der Waals surface area contributed by atoms with Gasteiger partial charge in [-0.1, -0.05) is 18.2 Å². The molecule has 2 fully saturated rings. The second-order valence-electron chi connectivity index (χ2n) is 10.8. The zero-order valence-corrected chi connectivity index (χ0v) is 22.2. The molecule has 212 valence electrons. The molecular formula is C31H36F4O4. The third-order valence-electron chi connectivity index (χ3n) is 8.27. The van der Waals surface area contributed by atoms with Gasteiger partial charge in [-0.15, -0.1) is 6.58 Å². The van der Waals surface area contributed by atoms with Crippen molar-refractivity contribution >= 4 is 5.97 Å². The lowest BCUT2D eigenvalue weighted by Gasteiger charge is -2.31. The Hall–Kier alpha value is -2.87. The summed E-state index contributed by atoms with van der Waals surface area (Å²) in [5.41, 5.74) is 0.199. The fourth-order valence-corrected chi connectivity index (χ4v) is 5.88. The lowest BCUT2D eigenvalue weighted by Crippen LogP contribution is -2.25. The van der Waals surface area contributed by atoms with Crippen LogP contribution in [0.25, 0.3) is 0 Å². The molecule has 2 saturated carbocycles. The summed E-state index contributed by atoms with van der Waals surface area (Å²) in [6.45, 7) is 5.43. The van der Waals surface area contributed by atoms with Gasteiger partial charge in [0.25, 0.3) is 0 Å². The number of halogens is 4. The van der Waals surface area contributed by atoms with Gasteiger partial charge in [-0.2, -0.15) is 4.39 Å². The zero-order valence-electron chi connectivity index (χ0n) is 22.2. The van der Waals surface area contributed by atoms with E-state index in [0.29, 0.717) is 43.2 Å². The van der Waals surface area contributed by atoms with Crippen molar-refractivity contribution in [3.05, 3.63) is 76.9 Å². The maximum Gasteiger partial charge on any atom is 0.341 e. The number of benzene rings is 2. The largest absolute Gasteiger partial charge is 0.490 e. The molecule has 0 aliphatic heterocycles. The van der Waals surface area contributed by atoms with E-state index >= 15 is 8.78 Å². The summed E-state index contributed by atoms with van der Waals surface area (Å²) < 4.78 is 69.7. The summed E-state index contributed by atoms with van der Waals surface area (Å²) in [5.74, 6) is -5.55. The second kappa shape index (κ2) is 13.0. The molecule has 0 aromatic heterocycles. The minimum atomic E-state index is -1.33. The highest BCUT2D eigenvalue weighted by molar-refractivity contribution is 5.90. The van der Waals surface area contributed by atoms with Crippen molar-refractivity contribution in [2.75, 3.05) is 6.61 Å². The Kier molecular flexibility index (Phi) is 9.70. The molecule has 1 unspecified atom stereocenters. The molecule has 0 heterocycles. The van der Waals surface area contributed by atoms with E-state index in [0.717, 1.165) is 31.7 Å². The van der Waals surface area contributed by atoms with Gasteiger partial charge in [0.15, 0.2) is 23.2 Å². The number of hydrogen-bond acceptors (Lipinski definition) is 4. The van der Waals surface area contributed by atoms with Crippen LogP contribution < -0.4 is 4.74 Å². The maximum atomic E-state index is 15.2. The molecule has 2 aromatic rings. The molecule has 0 saturated heterocycles. The van der Waals surface area contributed by atoms with Crippen LogP contribution in [0.1, 0.15) is 98.0 Å². The standard InChI is InChI=1S/C31H36F4O4/c1-3-4-17-38-26-16-15-25(29(34)30(26)35)31(37)39-22-11-9-21(10-12-22)24-14-13-23(27(32)28(24)33)20-7-5-19(6-8-20)18(2)36/h3,13-16,18-22,36H,1,4-12,17H2,2H3. The van der Waals surface area contributed by atoms with Crippen molar-refractivity contribution in [3.63, 3.8) is 0 Å². The Morgan fingerprint density at radius 2 is 1.46 bits per heavy atom. The third kappa shape index (κ3) is 6.65. The molecule has 0 radical (unpaired) electrons. The molecule has 0 amide bonds. The normalized spacial score (nSPS) is 24.2. The van der Waals surface area contributed by atoms with Crippen LogP contribution in [0.2, 0.25) is 0 Å². The van der Waals surface area contributed by atoms with Crippen molar-refractivity contribution in [2.45, 2.75) is 88.8 Å². The van der Waals surface area contributed by atoms with Gasteiger partial charge in [0.2, 0.25) is 5.82 Å². The lowest BCUT2D eigenvalue weighted by molar-refractivity contribution is 0.0188. The number of aliphatic hydroxyl groups excluding tert-OH is 1. The minimum Gasteiger partial charge on any atom is -0.490 e. The molecule has 1 N–H and O–H groups in total. The fraction of sp³-hybridized carbons (Fsp3) is 0.516. The van der Waals surface area contributed by atoms with Crippen LogP contribution in [0.15, 0.2) is 36.9 Å². The number of carbonyl (C=O) groups excluding carboxylic acids is 1. The number of aliphatic hydroxyl groups is 1. The lowest BCUT2D eigenvalue weighted by atomic mass is 9.76. The van der Waals surface area contributed by atoms with Crippen LogP contribution in [0.5, 0.6) is 5.75 Å². The average molecular weight is 549 g/mol. The molecule has 39 heavy (non-hydrogen) atoms. The monoisotopic (exact) mass is 548 g/mol. The zero-order chi connectivity index (χ0) is 28.1.